The molecule has 0 amide bonds. The van der Waals surface area contributed by atoms with Gasteiger partial charge in [0.1, 0.15) is 0 Å². The molecule has 1 fully saturated rings. The molecule has 1 aliphatic heterocycles. The molecule has 13 heavy (non-hydrogen) atoms. The first-order valence-corrected chi connectivity index (χ1v) is 5.06. The summed E-state index contributed by atoms with van der Waals surface area (Å²) in [5.41, 5.74) is 0. The summed E-state index contributed by atoms with van der Waals surface area (Å²) in [6, 6.07) is 0.226. The van der Waals surface area contributed by atoms with Crippen LogP contribution in [0.2, 0.25) is 0 Å². The minimum Gasteiger partial charge on any atom is -0.381 e. The molecule has 0 aromatic heterocycles. The van der Waals surface area contributed by atoms with Crippen molar-refractivity contribution in [3.8, 4) is 12.3 Å². The molecule has 0 saturated carbocycles. The average Bonchev–Trinajstić information content (AvgIpc) is 2.16. The second-order valence-corrected chi connectivity index (χ2v) is 3.71. The Morgan fingerprint density at radius 1 is 1.69 bits per heavy atom. The third kappa shape index (κ3) is 2.72. The molecular formula is C11H19NO. The number of nitrogens with one attached hydrogen (secondary N) is 1. The second kappa shape index (κ2) is 5.26. The third-order valence-electron chi connectivity index (χ3n) is 2.74. The molecule has 3 unspecified atom stereocenters. The van der Waals surface area contributed by atoms with E-state index in [4.69, 9.17) is 11.2 Å². The van der Waals surface area contributed by atoms with Gasteiger partial charge in [0, 0.05) is 13.2 Å². The van der Waals surface area contributed by atoms with Gasteiger partial charge in [-0.3, -0.25) is 0 Å². The monoisotopic (exact) mass is 181 g/mol. The molecule has 0 aromatic rings. The van der Waals surface area contributed by atoms with E-state index in [0.717, 1.165) is 26.2 Å². The Kier molecular flexibility index (Phi) is 4.27. The van der Waals surface area contributed by atoms with Crippen molar-refractivity contribution in [2.24, 2.45) is 11.8 Å². The fourth-order valence-electron chi connectivity index (χ4n) is 1.95. The fraction of sp³-hybridized carbons (Fsp3) is 0.818. The van der Waals surface area contributed by atoms with Crippen molar-refractivity contribution in [3.63, 3.8) is 0 Å². The molecule has 2 nitrogen and oxygen atoms in total. The van der Waals surface area contributed by atoms with Crippen LogP contribution in [-0.2, 0) is 4.74 Å². The fourth-order valence-corrected chi connectivity index (χ4v) is 1.95. The summed E-state index contributed by atoms with van der Waals surface area (Å²) in [7, 11) is 0. The van der Waals surface area contributed by atoms with Gasteiger partial charge in [-0.1, -0.05) is 19.8 Å². The molecule has 3 atom stereocenters. The summed E-state index contributed by atoms with van der Waals surface area (Å²) in [5.74, 6) is 4.00. The van der Waals surface area contributed by atoms with E-state index >= 15 is 0 Å². The van der Waals surface area contributed by atoms with Crippen LogP contribution >= 0.6 is 0 Å². The zero-order valence-electron chi connectivity index (χ0n) is 8.55. The maximum atomic E-state index is 5.50. The molecule has 74 valence electrons. The first kappa shape index (κ1) is 10.6. The predicted octanol–water partition coefficient (Wildman–Crippen LogP) is 1.27. The molecule has 1 N–H and O–H groups in total. The molecule has 1 saturated heterocycles. The van der Waals surface area contributed by atoms with Crippen LogP contribution < -0.4 is 5.32 Å². The average molecular weight is 181 g/mol. The van der Waals surface area contributed by atoms with Crippen LogP contribution in [0.15, 0.2) is 0 Å². The maximum Gasteiger partial charge on any atom is 0.0719 e. The molecule has 1 rings (SSSR count). The summed E-state index contributed by atoms with van der Waals surface area (Å²) in [5, 5.41) is 3.34. The first-order valence-electron chi connectivity index (χ1n) is 5.06. The number of hydrogen-bond acceptors (Lipinski definition) is 2. The van der Waals surface area contributed by atoms with Crippen molar-refractivity contribution < 1.29 is 4.74 Å². The molecule has 0 aliphatic carbocycles. The van der Waals surface area contributed by atoms with Gasteiger partial charge in [-0.15, -0.1) is 6.42 Å². The predicted molar refractivity (Wildman–Crippen MR) is 54.4 cm³/mol. The van der Waals surface area contributed by atoms with Crippen molar-refractivity contribution in [2.45, 2.75) is 26.3 Å². The van der Waals surface area contributed by atoms with Crippen LogP contribution in [0.5, 0.6) is 0 Å². The van der Waals surface area contributed by atoms with Crippen LogP contribution in [0.25, 0.3) is 0 Å². The van der Waals surface area contributed by atoms with E-state index in [-0.39, 0.29) is 6.04 Å². The smallest absolute Gasteiger partial charge is 0.0719 e. The lowest BCUT2D eigenvalue weighted by atomic mass is 9.84. The second-order valence-electron chi connectivity index (χ2n) is 3.71. The molecule has 0 aromatic carbocycles. The van der Waals surface area contributed by atoms with Gasteiger partial charge in [0.25, 0.3) is 0 Å². The van der Waals surface area contributed by atoms with Gasteiger partial charge in [-0.05, 0) is 24.8 Å². The Hall–Kier alpha value is -0.520. The van der Waals surface area contributed by atoms with Gasteiger partial charge in [-0.2, -0.15) is 0 Å². The quantitative estimate of drug-likeness (QED) is 0.662. The lowest BCUT2D eigenvalue weighted by molar-refractivity contribution is 0.0178. The van der Waals surface area contributed by atoms with Crippen molar-refractivity contribution >= 4 is 0 Å². The van der Waals surface area contributed by atoms with Crippen molar-refractivity contribution in [2.75, 3.05) is 19.8 Å². The van der Waals surface area contributed by atoms with E-state index in [0.29, 0.717) is 11.8 Å². The van der Waals surface area contributed by atoms with Crippen LogP contribution in [0, 0.1) is 24.2 Å². The van der Waals surface area contributed by atoms with Crippen molar-refractivity contribution in [1.82, 2.24) is 5.32 Å². The molecule has 1 heterocycles. The number of terminal acetylenes is 1. The minimum atomic E-state index is 0.226. The topological polar surface area (TPSA) is 21.3 Å². The summed E-state index contributed by atoms with van der Waals surface area (Å²) in [6.07, 6.45) is 6.58. The summed E-state index contributed by atoms with van der Waals surface area (Å²) < 4.78 is 5.39. The van der Waals surface area contributed by atoms with Crippen LogP contribution in [0.3, 0.4) is 0 Å². The highest BCUT2D eigenvalue weighted by molar-refractivity contribution is 5.03. The Bertz CT molecular complexity index is 185. The highest BCUT2D eigenvalue weighted by Gasteiger charge is 2.27. The lowest BCUT2D eigenvalue weighted by Gasteiger charge is -2.33. The van der Waals surface area contributed by atoms with E-state index < -0.39 is 0 Å². The highest BCUT2D eigenvalue weighted by atomic mass is 16.5. The Balaban J connectivity index is 2.51. The summed E-state index contributed by atoms with van der Waals surface area (Å²) >= 11 is 0. The number of ether oxygens (including phenoxy) is 1. The van der Waals surface area contributed by atoms with Gasteiger partial charge in [-0.25, -0.2) is 0 Å². The Labute approximate surface area is 81.0 Å². The number of rotatable bonds is 3. The number of hydrogen-bond donors (Lipinski definition) is 1. The third-order valence-corrected chi connectivity index (χ3v) is 2.74. The van der Waals surface area contributed by atoms with Crippen LogP contribution in [-0.4, -0.2) is 25.8 Å². The van der Waals surface area contributed by atoms with E-state index in [9.17, 15) is 0 Å². The van der Waals surface area contributed by atoms with Crippen LogP contribution in [0.4, 0.5) is 0 Å². The van der Waals surface area contributed by atoms with Crippen molar-refractivity contribution in [1.29, 1.82) is 0 Å². The van der Waals surface area contributed by atoms with Gasteiger partial charge in [0.05, 0.1) is 6.04 Å². The van der Waals surface area contributed by atoms with E-state index in [2.05, 4.69) is 25.1 Å². The van der Waals surface area contributed by atoms with Gasteiger partial charge < -0.3 is 10.1 Å². The standard InChI is InChI=1S/C11H19NO/c1-4-11(12-5-2)10-6-7-13-8-9(10)3/h1,9-12H,5-8H2,2-3H3. The zero-order chi connectivity index (χ0) is 9.68. The SMILES string of the molecule is C#CC(NCC)C1CCOCC1C. The molecule has 2 heteroatoms. The molecule has 0 bridgehead atoms. The van der Waals surface area contributed by atoms with E-state index in [1.807, 2.05) is 0 Å². The Morgan fingerprint density at radius 2 is 2.46 bits per heavy atom. The minimum absolute atomic E-state index is 0.226. The molecule has 0 radical (unpaired) electrons. The van der Waals surface area contributed by atoms with Gasteiger partial charge in [0.2, 0.25) is 0 Å². The van der Waals surface area contributed by atoms with Gasteiger partial charge in [0.15, 0.2) is 0 Å². The van der Waals surface area contributed by atoms with E-state index in [1.54, 1.807) is 0 Å². The first-order chi connectivity index (χ1) is 6.29. The Morgan fingerprint density at radius 3 is 3.00 bits per heavy atom. The molecule has 1 aliphatic rings. The van der Waals surface area contributed by atoms with E-state index in [1.165, 1.54) is 0 Å². The van der Waals surface area contributed by atoms with Crippen LogP contribution in [0.1, 0.15) is 20.3 Å². The summed E-state index contributed by atoms with van der Waals surface area (Å²) in [6.45, 7) is 6.96. The molecule has 0 spiro atoms. The van der Waals surface area contributed by atoms with Gasteiger partial charge >= 0.3 is 0 Å². The highest BCUT2D eigenvalue weighted by Crippen LogP contribution is 2.24. The zero-order valence-corrected chi connectivity index (χ0v) is 8.55. The summed E-state index contributed by atoms with van der Waals surface area (Å²) in [4.78, 5) is 0. The lowest BCUT2D eigenvalue weighted by Crippen LogP contribution is -2.42. The van der Waals surface area contributed by atoms with Crippen molar-refractivity contribution in [3.05, 3.63) is 0 Å². The maximum absolute atomic E-state index is 5.50. The largest absolute Gasteiger partial charge is 0.381 e. The molecular weight excluding hydrogens is 162 g/mol. The normalized spacial score (nSPS) is 30.8.